The highest BCUT2D eigenvalue weighted by molar-refractivity contribution is 5.97. The number of anilines is 2. The lowest BCUT2D eigenvalue weighted by atomic mass is 10.0. The highest BCUT2D eigenvalue weighted by Crippen LogP contribution is 2.18. The maximum atomic E-state index is 12.5. The Morgan fingerprint density at radius 1 is 0.886 bits per heavy atom. The molecule has 0 atom stereocenters. The fourth-order valence-corrected chi connectivity index (χ4v) is 3.58. The molecule has 0 saturated heterocycles. The molecule has 1 heterocycles. The average molecular weight is 472 g/mol. The predicted molar refractivity (Wildman–Crippen MR) is 132 cm³/mol. The summed E-state index contributed by atoms with van der Waals surface area (Å²) in [7, 11) is 0. The largest absolute Gasteiger partial charge is 0.481 e. The molecular weight excluding hydrogens is 446 g/mol. The van der Waals surface area contributed by atoms with Crippen LogP contribution >= 0.6 is 0 Å². The monoisotopic (exact) mass is 471 g/mol. The third-order valence-corrected chi connectivity index (χ3v) is 5.38. The van der Waals surface area contributed by atoms with Crippen LogP contribution in [-0.4, -0.2) is 39.4 Å². The topological polar surface area (TPSA) is 136 Å². The Bertz CT molecular complexity index is 1310. The Morgan fingerprint density at radius 3 is 2.40 bits per heavy atom. The van der Waals surface area contributed by atoms with Crippen LogP contribution in [0, 0.1) is 0 Å². The molecule has 0 spiro atoms. The number of nitrogens with zero attached hydrogens (tertiary/aromatic N) is 1. The van der Waals surface area contributed by atoms with Gasteiger partial charge in [0.2, 0.25) is 11.9 Å². The van der Waals surface area contributed by atoms with Gasteiger partial charge in [0.25, 0.3) is 5.91 Å². The number of imidazole rings is 1. The number of fused-ring (bicyclic) bond motifs is 1. The van der Waals surface area contributed by atoms with E-state index in [1.807, 2.05) is 48.5 Å². The van der Waals surface area contributed by atoms with Crippen molar-refractivity contribution in [1.29, 1.82) is 0 Å². The second-order valence-corrected chi connectivity index (χ2v) is 7.93. The summed E-state index contributed by atoms with van der Waals surface area (Å²) in [4.78, 5) is 43.2. The molecule has 0 radical (unpaired) electrons. The number of aliphatic carboxylic acids is 1. The van der Waals surface area contributed by atoms with Crippen LogP contribution in [0.25, 0.3) is 11.0 Å². The zero-order valence-electron chi connectivity index (χ0n) is 18.9. The van der Waals surface area contributed by atoms with Crippen molar-refractivity contribution in [3.8, 4) is 0 Å². The standard InChI is InChI=1S/C26H25N5O4/c32-23(16-28-25(35)20-6-2-1-5-18(20)11-14-24(33)34)27-15-17-9-12-19(13-10-17)29-26-30-21-7-3-4-8-22(21)31-26/h1-10,12-13H,11,14-16H2,(H,27,32)(H,28,35)(H,33,34)(H2,29,30,31). The van der Waals surface area contributed by atoms with Crippen LogP contribution in [-0.2, 0) is 22.6 Å². The molecule has 0 aliphatic rings. The molecule has 178 valence electrons. The molecule has 5 N–H and O–H groups in total. The molecular formula is C26H25N5O4. The van der Waals surface area contributed by atoms with E-state index in [1.165, 1.54) is 0 Å². The van der Waals surface area contributed by atoms with Crippen molar-refractivity contribution in [3.63, 3.8) is 0 Å². The van der Waals surface area contributed by atoms with Gasteiger partial charge in [0, 0.05) is 24.2 Å². The minimum absolute atomic E-state index is 0.0721. The smallest absolute Gasteiger partial charge is 0.303 e. The van der Waals surface area contributed by atoms with Crippen LogP contribution in [0.3, 0.4) is 0 Å². The van der Waals surface area contributed by atoms with E-state index < -0.39 is 11.9 Å². The number of aryl methyl sites for hydroxylation is 1. The van der Waals surface area contributed by atoms with Gasteiger partial charge in [0.1, 0.15) is 0 Å². The molecule has 9 heteroatoms. The number of carbonyl (C=O) groups is 3. The first-order valence-electron chi connectivity index (χ1n) is 11.1. The van der Waals surface area contributed by atoms with E-state index in [0.717, 1.165) is 22.3 Å². The molecule has 0 saturated carbocycles. The van der Waals surface area contributed by atoms with E-state index in [0.29, 0.717) is 23.6 Å². The number of aromatic amines is 1. The van der Waals surface area contributed by atoms with Crippen molar-refractivity contribution in [3.05, 3.63) is 89.5 Å². The van der Waals surface area contributed by atoms with Gasteiger partial charge in [-0.05, 0) is 47.9 Å². The lowest BCUT2D eigenvalue weighted by molar-refractivity contribution is -0.137. The number of carbonyl (C=O) groups excluding carboxylic acids is 2. The van der Waals surface area contributed by atoms with Crippen molar-refractivity contribution >= 4 is 40.5 Å². The van der Waals surface area contributed by atoms with Gasteiger partial charge in [-0.3, -0.25) is 14.4 Å². The third kappa shape index (κ3) is 6.44. The number of nitrogens with one attached hydrogen (secondary N) is 4. The average Bonchev–Trinajstić information content (AvgIpc) is 3.28. The predicted octanol–water partition coefficient (Wildman–Crippen LogP) is 3.37. The number of rotatable bonds is 10. The Morgan fingerprint density at radius 2 is 1.63 bits per heavy atom. The summed E-state index contributed by atoms with van der Waals surface area (Å²) in [6, 6.07) is 22.1. The van der Waals surface area contributed by atoms with Crippen LogP contribution in [0.5, 0.6) is 0 Å². The molecule has 4 rings (SSSR count). The number of para-hydroxylation sites is 2. The molecule has 0 bridgehead atoms. The Labute approximate surface area is 201 Å². The molecule has 9 nitrogen and oxygen atoms in total. The first kappa shape index (κ1) is 23.5. The van der Waals surface area contributed by atoms with Crippen LogP contribution < -0.4 is 16.0 Å². The van der Waals surface area contributed by atoms with Crippen LogP contribution in [0.15, 0.2) is 72.8 Å². The Hall–Kier alpha value is -4.66. The van der Waals surface area contributed by atoms with Crippen molar-refractivity contribution in [1.82, 2.24) is 20.6 Å². The van der Waals surface area contributed by atoms with E-state index in [-0.39, 0.29) is 25.3 Å². The third-order valence-electron chi connectivity index (χ3n) is 5.38. The lowest BCUT2D eigenvalue weighted by Crippen LogP contribution is -2.36. The van der Waals surface area contributed by atoms with Crippen molar-refractivity contribution in [2.75, 3.05) is 11.9 Å². The van der Waals surface area contributed by atoms with Crippen molar-refractivity contribution in [2.45, 2.75) is 19.4 Å². The number of hydrogen-bond acceptors (Lipinski definition) is 5. The number of aromatic nitrogens is 2. The first-order valence-corrected chi connectivity index (χ1v) is 11.1. The summed E-state index contributed by atoms with van der Waals surface area (Å²) in [5, 5.41) is 17.5. The van der Waals surface area contributed by atoms with Gasteiger partial charge < -0.3 is 26.0 Å². The second-order valence-electron chi connectivity index (χ2n) is 7.93. The SMILES string of the molecule is O=C(O)CCc1ccccc1C(=O)NCC(=O)NCc1ccc(Nc2nc3ccccc3[nH]2)cc1. The Kier molecular flexibility index (Phi) is 7.37. The van der Waals surface area contributed by atoms with Gasteiger partial charge in [-0.15, -0.1) is 0 Å². The maximum Gasteiger partial charge on any atom is 0.303 e. The molecule has 2 amide bonds. The Balaban J connectivity index is 1.24. The number of carboxylic acids is 1. The maximum absolute atomic E-state index is 12.5. The second kappa shape index (κ2) is 11.0. The number of carboxylic acid groups (broad SMARTS) is 1. The van der Waals surface area contributed by atoms with Crippen LogP contribution in [0.1, 0.15) is 27.9 Å². The molecule has 0 aliphatic carbocycles. The summed E-state index contributed by atoms with van der Waals surface area (Å²) in [5.74, 6) is -1.03. The lowest BCUT2D eigenvalue weighted by Gasteiger charge is -2.10. The first-order chi connectivity index (χ1) is 17.0. The molecule has 0 fully saturated rings. The zero-order chi connectivity index (χ0) is 24.6. The molecule has 1 aromatic heterocycles. The zero-order valence-corrected chi connectivity index (χ0v) is 18.9. The summed E-state index contributed by atoms with van der Waals surface area (Å²) < 4.78 is 0. The van der Waals surface area contributed by atoms with E-state index >= 15 is 0 Å². The van der Waals surface area contributed by atoms with Gasteiger partial charge in [0.05, 0.1) is 17.6 Å². The molecule has 0 aliphatic heterocycles. The van der Waals surface area contributed by atoms with E-state index in [9.17, 15) is 14.4 Å². The quantitative estimate of drug-likeness (QED) is 0.241. The number of H-pyrrole nitrogens is 1. The van der Waals surface area contributed by atoms with Gasteiger partial charge in [-0.25, -0.2) is 4.98 Å². The number of amides is 2. The van der Waals surface area contributed by atoms with E-state index in [1.54, 1.807) is 24.3 Å². The highest BCUT2D eigenvalue weighted by atomic mass is 16.4. The molecule has 0 unspecified atom stereocenters. The van der Waals surface area contributed by atoms with Gasteiger partial charge in [-0.1, -0.05) is 42.5 Å². The van der Waals surface area contributed by atoms with Gasteiger partial charge >= 0.3 is 5.97 Å². The van der Waals surface area contributed by atoms with Crippen molar-refractivity contribution < 1.29 is 19.5 Å². The van der Waals surface area contributed by atoms with Gasteiger partial charge in [-0.2, -0.15) is 0 Å². The number of hydrogen-bond donors (Lipinski definition) is 5. The fraction of sp³-hybridized carbons (Fsp3) is 0.154. The molecule has 3 aromatic carbocycles. The van der Waals surface area contributed by atoms with Crippen LogP contribution in [0.4, 0.5) is 11.6 Å². The minimum atomic E-state index is -0.932. The van der Waals surface area contributed by atoms with Crippen molar-refractivity contribution in [2.24, 2.45) is 0 Å². The molecule has 35 heavy (non-hydrogen) atoms. The summed E-state index contributed by atoms with van der Waals surface area (Å²) in [5.41, 5.74) is 4.58. The normalized spacial score (nSPS) is 10.6. The summed E-state index contributed by atoms with van der Waals surface area (Å²) in [6.45, 7) is 0.132. The van der Waals surface area contributed by atoms with E-state index in [2.05, 4.69) is 25.9 Å². The van der Waals surface area contributed by atoms with E-state index in [4.69, 9.17) is 5.11 Å². The highest BCUT2D eigenvalue weighted by Gasteiger charge is 2.13. The summed E-state index contributed by atoms with van der Waals surface area (Å²) in [6.07, 6.45) is 0.170. The molecule has 4 aromatic rings. The fourth-order valence-electron chi connectivity index (χ4n) is 3.58. The minimum Gasteiger partial charge on any atom is -0.481 e. The number of benzene rings is 3. The van der Waals surface area contributed by atoms with Gasteiger partial charge in [0.15, 0.2) is 0 Å². The van der Waals surface area contributed by atoms with Crippen LogP contribution in [0.2, 0.25) is 0 Å². The summed E-state index contributed by atoms with van der Waals surface area (Å²) >= 11 is 0.